The second-order valence-corrected chi connectivity index (χ2v) is 6.25. The van der Waals surface area contributed by atoms with Gasteiger partial charge in [-0.05, 0) is 36.1 Å². The van der Waals surface area contributed by atoms with E-state index in [1.54, 1.807) is 12.3 Å². The van der Waals surface area contributed by atoms with Gasteiger partial charge in [-0.25, -0.2) is 9.97 Å². The molecule has 7 nitrogen and oxygen atoms in total. The number of hydrogen-bond acceptors (Lipinski definition) is 6. The van der Waals surface area contributed by atoms with Gasteiger partial charge < -0.3 is 20.1 Å². The van der Waals surface area contributed by atoms with Crippen LogP contribution in [0.1, 0.15) is 36.3 Å². The minimum atomic E-state index is -0.186. The standard InChI is InChI=1S/C18H22N4O3/c1-12(2)5-7-19-17(23)14-6-8-20-18(22-14)21-10-13-3-4-15-16(9-13)25-11-24-15/h3-4,6,8-9,12H,5,7,10-11H2,1-2H3,(H,19,23)(H,20,21,22). The average molecular weight is 342 g/mol. The highest BCUT2D eigenvalue weighted by molar-refractivity contribution is 5.92. The van der Waals surface area contributed by atoms with Crippen LogP contribution in [0.2, 0.25) is 0 Å². The number of nitrogens with zero attached hydrogens (tertiary/aromatic N) is 2. The number of anilines is 1. The first kappa shape index (κ1) is 17.0. The summed E-state index contributed by atoms with van der Waals surface area (Å²) >= 11 is 0. The number of ether oxygens (including phenoxy) is 2. The first-order valence-electron chi connectivity index (χ1n) is 8.35. The summed E-state index contributed by atoms with van der Waals surface area (Å²) in [7, 11) is 0. The molecule has 0 unspecified atom stereocenters. The van der Waals surface area contributed by atoms with Crippen molar-refractivity contribution < 1.29 is 14.3 Å². The molecule has 0 bridgehead atoms. The van der Waals surface area contributed by atoms with E-state index in [4.69, 9.17) is 9.47 Å². The van der Waals surface area contributed by atoms with E-state index in [0.29, 0.717) is 30.6 Å². The molecule has 132 valence electrons. The topological polar surface area (TPSA) is 85.4 Å². The maximum Gasteiger partial charge on any atom is 0.270 e. The Morgan fingerprint density at radius 3 is 2.92 bits per heavy atom. The van der Waals surface area contributed by atoms with Gasteiger partial charge in [0.05, 0.1) is 0 Å². The molecule has 2 N–H and O–H groups in total. The number of carbonyl (C=O) groups excluding carboxylic acids is 1. The molecular weight excluding hydrogens is 320 g/mol. The Bertz CT molecular complexity index is 749. The van der Waals surface area contributed by atoms with E-state index >= 15 is 0 Å². The van der Waals surface area contributed by atoms with Crippen LogP contribution < -0.4 is 20.1 Å². The monoisotopic (exact) mass is 342 g/mol. The van der Waals surface area contributed by atoms with Crippen LogP contribution in [0.25, 0.3) is 0 Å². The van der Waals surface area contributed by atoms with Crippen LogP contribution in [0.3, 0.4) is 0 Å². The molecule has 0 fully saturated rings. The molecule has 1 aromatic heterocycles. The zero-order valence-corrected chi connectivity index (χ0v) is 14.4. The summed E-state index contributed by atoms with van der Waals surface area (Å²) in [6, 6.07) is 7.34. The Balaban J connectivity index is 1.57. The molecular formula is C18H22N4O3. The van der Waals surface area contributed by atoms with Crippen molar-refractivity contribution >= 4 is 11.9 Å². The van der Waals surface area contributed by atoms with Gasteiger partial charge in [0.15, 0.2) is 11.5 Å². The van der Waals surface area contributed by atoms with Crippen LogP contribution in [-0.2, 0) is 6.54 Å². The number of amides is 1. The van der Waals surface area contributed by atoms with Crippen molar-refractivity contribution in [1.82, 2.24) is 15.3 Å². The van der Waals surface area contributed by atoms with Crippen molar-refractivity contribution in [1.29, 1.82) is 0 Å². The first-order valence-corrected chi connectivity index (χ1v) is 8.35. The molecule has 7 heteroatoms. The Morgan fingerprint density at radius 2 is 2.08 bits per heavy atom. The second kappa shape index (κ2) is 7.83. The fourth-order valence-corrected chi connectivity index (χ4v) is 2.37. The largest absolute Gasteiger partial charge is 0.454 e. The van der Waals surface area contributed by atoms with Crippen molar-refractivity contribution in [2.45, 2.75) is 26.8 Å². The lowest BCUT2D eigenvalue weighted by Crippen LogP contribution is -2.26. The van der Waals surface area contributed by atoms with Crippen LogP contribution in [0, 0.1) is 5.92 Å². The van der Waals surface area contributed by atoms with Gasteiger partial charge in [0.25, 0.3) is 5.91 Å². The molecule has 0 atom stereocenters. The summed E-state index contributed by atoms with van der Waals surface area (Å²) in [5.74, 6) is 2.26. The van der Waals surface area contributed by atoms with Crippen molar-refractivity contribution in [3.63, 3.8) is 0 Å². The molecule has 1 aromatic carbocycles. The maximum atomic E-state index is 12.1. The lowest BCUT2D eigenvalue weighted by atomic mass is 10.1. The van der Waals surface area contributed by atoms with Crippen LogP contribution in [0.15, 0.2) is 30.5 Å². The fourth-order valence-electron chi connectivity index (χ4n) is 2.37. The summed E-state index contributed by atoms with van der Waals surface area (Å²) < 4.78 is 10.7. The molecule has 1 aliphatic rings. The molecule has 3 rings (SSSR count). The molecule has 0 spiro atoms. The number of rotatable bonds is 7. The number of benzene rings is 1. The van der Waals surface area contributed by atoms with E-state index in [1.807, 2.05) is 18.2 Å². The van der Waals surface area contributed by atoms with Gasteiger partial charge in [-0.2, -0.15) is 0 Å². The molecule has 1 amide bonds. The Morgan fingerprint density at radius 1 is 1.24 bits per heavy atom. The number of aromatic nitrogens is 2. The third kappa shape index (κ3) is 4.59. The van der Waals surface area contributed by atoms with E-state index in [-0.39, 0.29) is 12.7 Å². The molecule has 0 saturated carbocycles. The molecule has 25 heavy (non-hydrogen) atoms. The minimum absolute atomic E-state index is 0.186. The summed E-state index contributed by atoms with van der Waals surface area (Å²) in [4.78, 5) is 20.5. The number of fused-ring (bicyclic) bond motifs is 1. The molecule has 1 aliphatic heterocycles. The van der Waals surface area contributed by atoms with Gasteiger partial charge in [-0.15, -0.1) is 0 Å². The van der Waals surface area contributed by atoms with Gasteiger partial charge in [-0.1, -0.05) is 19.9 Å². The molecule has 0 radical (unpaired) electrons. The van der Waals surface area contributed by atoms with Crippen LogP contribution in [0.4, 0.5) is 5.95 Å². The van der Waals surface area contributed by atoms with E-state index in [2.05, 4.69) is 34.4 Å². The highest BCUT2D eigenvalue weighted by Gasteiger charge is 2.13. The average Bonchev–Trinajstić information content (AvgIpc) is 3.07. The third-order valence-electron chi connectivity index (χ3n) is 3.78. The minimum Gasteiger partial charge on any atom is -0.454 e. The van der Waals surface area contributed by atoms with Gasteiger partial charge in [0.1, 0.15) is 5.69 Å². The summed E-state index contributed by atoms with van der Waals surface area (Å²) in [6.45, 7) is 5.66. The van der Waals surface area contributed by atoms with Crippen molar-refractivity contribution in [3.05, 3.63) is 41.7 Å². The molecule has 2 aromatic rings. The maximum absolute atomic E-state index is 12.1. The van der Waals surface area contributed by atoms with Gasteiger partial charge in [0.2, 0.25) is 12.7 Å². The lowest BCUT2D eigenvalue weighted by molar-refractivity contribution is 0.0947. The zero-order valence-electron chi connectivity index (χ0n) is 14.4. The quantitative estimate of drug-likeness (QED) is 0.804. The van der Waals surface area contributed by atoms with Crippen LogP contribution in [0.5, 0.6) is 11.5 Å². The summed E-state index contributed by atoms with van der Waals surface area (Å²) in [5, 5.41) is 6.00. The fraction of sp³-hybridized carbons (Fsp3) is 0.389. The zero-order chi connectivity index (χ0) is 17.6. The Hall–Kier alpha value is -2.83. The van der Waals surface area contributed by atoms with Crippen LogP contribution >= 0.6 is 0 Å². The normalized spacial score (nSPS) is 12.3. The molecule has 2 heterocycles. The van der Waals surface area contributed by atoms with Crippen molar-refractivity contribution in [3.8, 4) is 11.5 Å². The third-order valence-corrected chi connectivity index (χ3v) is 3.78. The molecule has 0 saturated heterocycles. The summed E-state index contributed by atoms with van der Waals surface area (Å²) in [5.41, 5.74) is 1.37. The second-order valence-electron chi connectivity index (χ2n) is 6.25. The lowest BCUT2D eigenvalue weighted by Gasteiger charge is -2.09. The highest BCUT2D eigenvalue weighted by Crippen LogP contribution is 2.32. The number of nitrogens with one attached hydrogen (secondary N) is 2. The Kier molecular flexibility index (Phi) is 5.33. The van der Waals surface area contributed by atoms with E-state index in [9.17, 15) is 4.79 Å². The smallest absolute Gasteiger partial charge is 0.270 e. The van der Waals surface area contributed by atoms with E-state index < -0.39 is 0 Å². The van der Waals surface area contributed by atoms with Gasteiger partial charge in [0, 0.05) is 19.3 Å². The first-order chi connectivity index (χ1) is 12.1. The molecule has 0 aliphatic carbocycles. The number of carbonyl (C=O) groups is 1. The van der Waals surface area contributed by atoms with E-state index in [1.165, 1.54) is 0 Å². The van der Waals surface area contributed by atoms with E-state index in [0.717, 1.165) is 23.5 Å². The predicted molar refractivity (Wildman–Crippen MR) is 93.7 cm³/mol. The van der Waals surface area contributed by atoms with Gasteiger partial charge in [-0.3, -0.25) is 4.79 Å². The van der Waals surface area contributed by atoms with Crippen molar-refractivity contribution in [2.75, 3.05) is 18.7 Å². The van der Waals surface area contributed by atoms with Crippen LogP contribution in [-0.4, -0.2) is 29.2 Å². The van der Waals surface area contributed by atoms with Gasteiger partial charge >= 0.3 is 0 Å². The number of hydrogen-bond donors (Lipinski definition) is 2. The summed E-state index contributed by atoms with van der Waals surface area (Å²) in [6.07, 6.45) is 2.51. The Labute approximate surface area is 146 Å². The predicted octanol–water partition coefficient (Wildman–Crippen LogP) is 2.59. The highest BCUT2D eigenvalue weighted by atomic mass is 16.7. The SMILES string of the molecule is CC(C)CCNC(=O)c1ccnc(NCc2ccc3c(c2)OCO3)n1. The van der Waals surface area contributed by atoms with Crippen molar-refractivity contribution in [2.24, 2.45) is 5.92 Å².